The molecule has 1 aliphatic heterocycles. The number of hydrogen-bond donors (Lipinski definition) is 2. The summed E-state index contributed by atoms with van der Waals surface area (Å²) in [5, 5.41) is 3.13. The molecule has 0 radical (unpaired) electrons. The van der Waals surface area contributed by atoms with Crippen LogP contribution in [0.4, 0.5) is 0 Å². The van der Waals surface area contributed by atoms with Gasteiger partial charge in [0.1, 0.15) is 0 Å². The lowest BCUT2D eigenvalue weighted by Crippen LogP contribution is -3.16. The van der Waals surface area contributed by atoms with Crippen molar-refractivity contribution in [2.24, 2.45) is 0 Å². The molecule has 0 aromatic heterocycles. The van der Waals surface area contributed by atoms with E-state index < -0.39 is 10.0 Å². The number of piperidine rings is 1. The minimum absolute atomic E-state index is 0.0739. The van der Waals surface area contributed by atoms with Crippen molar-refractivity contribution in [3.63, 3.8) is 0 Å². The maximum atomic E-state index is 12.7. The number of benzene rings is 1. The molecule has 1 saturated heterocycles. The van der Waals surface area contributed by atoms with Crippen LogP contribution in [0.25, 0.3) is 0 Å². The van der Waals surface area contributed by atoms with Crippen LogP contribution < -0.4 is 10.2 Å². The van der Waals surface area contributed by atoms with Crippen LogP contribution >= 0.6 is 11.6 Å². The van der Waals surface area contributed by atoms with Crippen LogP contribution in [0, 0.1) is 0 Å². The number of likely N-dealkylation sites (tertiary alicyclic amines) is 1. The smallest absolute Gasteiger partial charge is 0.252 e. The number of hydrogen-bond acceptors (Lipinski definition) is 3. The van der Waals surface area contributed by atoms with Crippen molar-refractivity contribution in [3.05, 3.63) is 28.8 Å². The van der Waals surface area contributed by atoms with Gasteiger partial charge in [0.25, 0.3) is 5.91 Å². The average molecular weight is 431 g/mol. The summed E-state index contributed by atoms with van der Waals surface area (Å²) in [5.41, 5.74) is 0.193. The van der Waals surface area contributed by atoms with Crippen LogP contribution in [0.2, 0.25) is 5.02 Å². The molecule has 2 atom stereocenters. The van der Waals surface area contributed by atoms with Crippen molar-refractivity contribution >= 4 is 27.5 Å². The number of rotatable bonds is 8. The summed E-state index contributed by atoms with van der Waals surface area (Å²) in [5.74, 6) is -0.337. The number of amides is 1. The Labute approximate surface area is 174 Å². The third-order valence-electron chi connectivity index (χ3n) is 5.63. The lowest BCUT2D eigenvalue weighted by Gasteiger charge is -2.30. The fourth-order valence-electron chi connectivity index (χ4n) is 3.52. The number of carbonyl (C=O) groups is 1. The molecule has 1 aromatic rings. The first kappa shape index (κ1) is 23.1. The van der Waals surface area contributed by atoms with Crippen molar-refractivity contribution in [1.82, 2.24) is 9.62 Å². The second-order valence-corrected chi connectivity index (χ2v) is 10.3. The second-order valence-electron chi connectivity index (χ2n) is 7.92. The van der Waals surface area contributed by atoms with Crippen molar-refractivity contribution in [3.8, 4) is 0 Å². The maximum absolute atomic E-state index is 12.7. The Bertz CT molecular complexity index is 783. The van der Waals surface area contributed by atoms with Gasteiger partial charge in [-0.05, 0) is 58.2 Å². The van der Waals surface area contributed by atoms with Gasteiger partial charge in [-0.2, -0.15) is 4.31 Å². The minimum atomic E-state index is -3.67. The Kier molecular flexibility index (Phi) is 8.30. The van der Waals surface area contributed by atoms with Crippen molar-refractivity contribution in [2.75, 3.05) is 26.7 Å². The summed E-state index contributed by atoms with van der Waals surface area (Å²) >= 11 is 6.16. The summed E-state index contributed by atoms with van der Waals surface area (Å²) in [6, 6.07) is 4.77. The van der Waals surface area contributed by atoms with Crippen LogP contribution in [-0.4, -0.2) is 57.4 Å². The zero-order valence-corrected chi connectivity index (χ0v) is 18.9. The minimum Gasteiger partial charge on any atom is -0.352 e. The lowest BCUT2D eigenvalue weighted by molar-refractivity contribution is -0.928. The first-order valence-corrected chi connectivity index (χ1v) is 11.9. The van der Waals surface area contributed by atoms with Crippen molar-refractivity contribution < 1.29 is 18.1 Å². The van der Waals surface area contributed by atoms with Crippen LogP contribution in [0.3, 0.4) is 0 Å². The van der Waals surface area contributed by atoms with Crippen molar-refractivity contribution in [2.45, 2.75) is 63.4 Å². The number of quaternary nitrogens is 1. The SMILES string of the molecule is CC(C)N(C)S(=O)(=O)c1ccc(Cl)c(C(=O)NCCC[NH+]2CCCC[C@H]2C)c1. The highest BCUT2D eigenvalue weighted by Gasteiger charge is 2.25. The van der Waals surface area contributed by atoms with E-state index >= 15 is 0 Å². The molecule has 8 heteroatoms. The molecular weight excluding hydrogens is 398 g/mol. The normalized spacial score (nSPS) is 20.5. The predicted octanol–water partition coefficient (Wildman–Crippen LogP) is 1.95. The van der Waals surface area contributed by atoms with Crippen LogP contribution in [-0.2, 0) is 10.0 Å². The fraction of sp³-hybridized carbons (Fsp3) is 0.650. The largest absolute Gasteiger partial charge is 0.352 e. The number of nitrogens with one attached hydrogen (secondary N) is 2. The molecule has 2 N–H and O–H groups in total. The molecule has 0 bridgehead atoms. The molecule has 28 heavy (non-hydrogen) atoms. The molecule has 158 valence electrons. The molecule has 1 aromatic carbocycles. The zero-order chi connectivity index (χ0) is 20.9. The van der Waals surface area contributed by atoms with E-state index in [2.05, 4.69) is 12.2 Å². The van der Waals surface area contributed by atoms with Gasteiger partial charge in [0.05, 0.1) is 34.6 Å². The van der Waals surface area contributed by atoms with Crippen LogP contribution in [0.15, 0.2) is 23.1 Å². The maximum Gasteiger partial charge on any atom is 0.252 e. The summed E-state index contributed by atoms with van der Waals surface area (Å²) in [4.78, 5) is 14.2. The van der Waals surface area contributed by atoms with Gasteiger partial charge in [-0.25, -0.2) is 8.42 Å². The summed E-state index contributed by atoms with van der Waals surface area (Å²) in [7, 11) is -2.14. The molecule has 0 saturated carbocycles. The van der Waals surface area contributed by atoms with E-state index in [0.29, 0.717) is 12.6 Å². The van der Waals surface area contributed by atoms with E-state index in [1.54, 1.807) is 18.7 Å². The fourth-order valence-corrected chi connectivity index (χ4v) is 5.12. The highest BCUT2D eigenvalue weighted by molar-refractivity contribution is 7.89. The summed E-state index contributed by atoms with van der Waals surface area (Å²) < 4.78 is 26.6. The molecular formula is C20H33ClN3O3S+. The molecule has 1 unspecified atom stereocenters. The first-order valence-electron chi connectivity index (χ1n) is 10.0. The highest BCUT2D eigenvalue weighted by atomic mass is 35.5. The topological polar surface area (TPSA) is 70.9 Å². The number of halogens is 1. The lowest BCUT2D eigenvalue weighted by atomic mass is 10.0. The third-order valence-corrected chi connectivity index (χ3v) is 7.99. The van der Waals surface area contributed by atoms with Gasteiger partial charge in [0.2, 0.25) is 10.0 Å². The van der Waals surface area contributed by atoms with E-state index in [1.807, 2.05) is 0 Å². The van der Waals surface area contributed by atoms with Gasteiger partial charge >= 0.3 is 0 Å². The average Bonchev–Trinajstić information content (AvgIpc) is 2.65. The summed E-state index contributed by atoms with van der Waals surface area (Å²) in [6.07, 6.45) is 4.74. The Morgan fingerprint density at radius 1 is 1.36 bits per heavy atom. The van der Waals surface area contributed by atoms with Gasteiger partial charge in [0, 0.05) is 26.1 Å². The molecule has 2 rings (SSSR count). The predicted molar refractivity (Wildman–Crippen MR) is 112 cm³/mol. The van der Waals surface area contributed by atoms with Crippen LogP contribution in [0.1, 0.15) is 56.8 Å². The van der Waals surface area contributed by atoms with E-state index in [-0.39, 0.29) is 27.4 Å². The molecule has 0 aliphatic carbocycles. The van der Waals surface area contributed by atoms with Crippen LogP contribution in [0.5, 0.6) is 0 Å². The van der Waals surface area contributed by atoms with E-state index in [0.717, 1.165) is 13.0 Å². The Morgan fingerprint density at radius 3 is 2.71 bits per heavy atom. The van der Waals surface area contributed by atoms with E-state index in [1.165, 1.54) is 55.4 Å². The second kappa shape index (κ2) is 10.1. The zero-order valence-electron chi connectivity index (χ0n) is 17.3. The third kappa shape index (κ3) is 5.69. The highest BCUT2D eigenvalue weighted by Crippen LogP contribution is 2.23. The van der Waals surface area contributed by atoms with Gasteiger partial charge in [0.15, 0.2) is 0 Å². The van der Waals surface area contributed by atoms with Gasteiger partial charge in [-0.15, -0.1) is 0 Å². The quantitative estimate of drug-likeness (QED) is 0.619. The van der Waals surface area contributed by atoms with Crippen molar-refractivity contribution in [1.29, 1.82) is 0 Å². The van der Waals surface area contributed by atoms with Gasteiger partial charge < -0.3 is 10.2 Å². The molecule has 0 spiro atoms. The standard InChI is InChI=1S/C20H32ClN3O3S/c1-15(2)23(4)28(26,27)17-9-10-19(21)18(14-17)20(25)22-11-7-13-24-12-6-5-8-16(24)3/h9-10,14-16H,5-8,11-13H2,1-4H3,(H,22,25)/p+1/t16-/m1/s1. The Balaban J connectivity index is 1.99. The van der Waals surface area contributed by atoms with E-state index in [4.69, 9.17) is 11.6 Å². The van der Waals surface area contributed by atoms with Gasteiger partial charge in [-0.1, -0.05) is 11.6 Å². The molecule has 1 fully saturated rings. The molecule has 1 amide bonds. The Morgan fingerprint density at radius 2 is 2.07 bits per heavy atom. The van der Waals surface area contributed by atoms with E-state index in [9.17, 15) is 13.2 Å². The number of nitrogens with zero attached hydrogens (tertiary/aromatic N) is 1. The Hall–Kier alpha value is -1.15. The molecule has 1 heterocycles. The number of sulfonamides is 1. The molecule has 1 aliphatic rings. The van der Waals surface area contributed by atoms with Gasteiger partial charge in [-0.3, -0.25) is 4.79 Å². The summed E-state index contributed by atoms with van der Waals surface area (Å²) in [6.45, 7) is 8.66. The molecule has 6 nitrogen and oxygen atoms in total. The number of carbonyl (C=O) groups excluding carboxylic acids is 1. The monoisotopic (exact) mass is 430 g/mol. The first-order chi connectivity index (χ1) is 13.1.